The van der Waals surface area contributed by atoms with Crippen LogP contribution in [0, 0.1) is 98.8 Å². The van der Waals surface area contributed by atoms with Crippen LogP contribution in [0.2, 0.25) is 0 Å². The third-order valence-electron chi connectivity index (χ3n) is 15.4. The van der Waals surface area contributed by atoms with Crippen LogP contribution in [0.4, 0.5) is 0 Å². The van der Waals surface area contributed by atoms with E-state index < -0.39 is 148 Å². The zero-order valence-electron chi connectivity index (χ0n) is 57.2. The van der Waals surface area contributed by atoms with Crippen molar-refractivity contribution in [3.05, 3.63) is 119 Å². The number of carboxylic acids is 4. The monoisotopic (exact) mass is 1590 g/mol. The van der Waals surface area contributed by atoms with Gasteiger partial charge < -0.3 is 96.3 Å². The molecule has 1 aliphatic heterocycles. The van der Waals surface area contributed by atoms with Gasteiger partial charge in [-0.3, -0.25) is 58.0 Å². The second kappa shape index (κ2) is 47.6. The van der Waals surface area contributed by atoms with Crippen LogP contribution in [-0.4, -0.2) is 251 Å². The smallest absolute Gasteiger partial charge is 0.548 e. The molecule has 4 aromatic rings. The fourth-order valence-corrected chi connectivity index (χ4v) is 10.1. The van der Waals surface area contributed by atoms with E-state index in [1.165, 1.54) is 0 Å². The Balaban J connectivity index is 0.0000233. The fraction of sp³-hybridized carbons (Fsp3) is 0.389. The van der Waals surface area contributed by atoms with Gasteiger partial charge in [0.05, 0.1) is 88.4 Å². The van der Waals surface area contributed by atoms with Gasteiger partial charge in [0.25, 0.3) is 0 Å². The molecule has 0 aliphatic carbocycles. The van der Waals surface area contributed by atoms with E-state index in [9.17, 15) is 78.0 Å². The Hall–Kier alpha value is -10.6. The van der Waals surface area contributed by atoms with Crippen LogP contribution in [0.25, 0.3) is 0 Å². The Kier molecular flexibility index (Phi) is 39.4. The van der Waals surface area contributed by atoms with Crippen LogP contribution in [0.3, 0.4) is 0 Å². The van der Waals surface area contributed by atoms with Gasteiger partial charge in [-0.1, -0.05) is 72.2 Å². The third kappa shape index (κ3) is 34.9. The summed E-state index contributed by atoms with van der Waals surface area (Å²) in [4.78, 5) is 163. The number of aliphatic carboxylic acids is 4. The molecule has 105 heavy (non-hydrogen) atoms. The summed E-state index contributed by atoms with van der Waals surface area (Å²) in [5.41, 5.74) is 2.00. The summed E-state index contributed by atoms with van der Waals surface area (Å²) in [5.74, 6) is -1.57. The Labute approximate surface area is 647 Å². The van der Waals surface area contributed by atoms with Gasteiger partial charge >= 0.3 is 55.3 Å². The zero-order valence-corrected chi connectivity index (χ0v) is 59.6. The van der Waals surface area contributed by atoms with E-state index >= 15 is 0 Å². The second-order valence-corrected chi connectivity index (χ2v) is 23.4. The van der Waals surface area contributed by atoms with Crippen molar-refractivity contribution in [3.63, 3.8) is 0 Å². The molecule has 0 saturated carbocycles. The molecule has 33 heteroatoms. The summed E-state index contributed by atoms with van der Waals surface area (Å²) in [6.07, 6.45) is 20.3. The predicted molar refractivity (Wildman–Crippen MR) is 366 cm³/mol. The molecule has 1 fully saturated rings. The number of hydrogen-bond donors (Lipinski definition) is 9. The predicted octanol–water partition coefficient (Wildman–Crippen LogP) is -7.03. The molecular weight excluding hydrogens is 1500 g/mol. The van der Waals surface area contributed by atoms with Gasteiger partial charge in [0, 0.05) is 58.8 Å². The minimum Gasteiger partial charge on any atom is -0.548 e. The normalized spacial score (nSPS) is 13.8. The van der Waals surface area contributed by atoms with Crippen LogP contribution in [-0.2, 0) is 83.2 Å². The summed E-state index contributed by atoms with van der Waals surface area (Å²) < 4.78 is 21.4. The summed E-state index contributed by atoms with van der Waals surface area (Å²) in [5, 5.41) is 65.9. The number of rotatable bonds is 40. The minimum absolute atomic E-state index is 0. The molecule has 1 heterocycles. The molecule has 0 unspecified atom stereocenters. The molecule has 9 N–H and O–H groups in total. The molecule has 1 aliphatic rings. The first-order chi connectivity index (χ1) is 49.9. The van der Waals surface area contributed by atoms with Crippen LogP contribution in [0.1, 0.15) is 22.3 Å². The molecule has 4 atom stereocenters. The Morgan fingerprint density at radius 1 is 0.343 bits per heavy atom. The third-order valence-corrected chi connectivity index (χ3v) is 15.4. The van der Waals surface area contributed by atoms with Crippen molar-refractivity contribution in [1.29, 1.82) is 0 Å². The molecule has 1 saturated heterocycles. The van der Waals surface area contributed by atoms with Crippen molar-refractivity contribution in [2.24, 2.45) is 0 Å². The average molecular weight is 1590 g/mol. The maximum Gasteiger partial charge on any atom is 3.00 e. The summed E-state index contributed by atoms with van der Waals surface area (Å²) in [7, 11) is 0. The number of carbonyl (C=O) groups is 12. The summed E-state index contributed by atoms with van der Waals surface area (Å²) in [6.45, 7) is -4.64. The van der Waals surface area contributed by atoms with E-state index in [1.807, 2.05) is 0 Å². The molecule has 0 aromatic heterocycles. The number of carbonyl (C=O) groups excluding carboxylic acids is 11. The summed E-state index contributed by atoms with van der Waals surface area (Å²) >= 11 is 0. The number of benzene rings is 4. The van der Waals surface area contributed by atoms with E-state index in [4.69, 9.17) is 44.6 Å². The van der Waals surface area contributed by atoms with Crippen LogP contribution < -0.4 is 76.8 Å². The first-order valence-electron chi connectivity index (χ1n) is 32.5. The molecular formula is C72H81EuN12O20. The minimum atomic E-state index is -1.61. The van der Waals surface area contributed by atoms with Gasteiger partial charge in [0.15, 0.2) is 0 Å². The van der Waals surface area contributed by atoms with E-state index in [2.05, 4.69) is 66.2 Å². The number of amides is 8. The van der Waals surface area contributed by atoms with Gasteiger partial charge in [-0.2, -0.15) is 0 Å². The number of carboxylic acid groups (broad SMARTS) is 4. The zero-order chi connectivity index (χ0) is 75.8. The van der Waals surface area contributed by atoms with Crippen molar-refractivity contribution in [2.75, 3.05) is 131 Å². The van der Waals surface area contributed by atoms with Gasteiger partial charge in [-0.15, -0.1) is 25.7 Å². The Morgan fingerprint density at radius 3 is 0.714 bits per heavy atom. The first kappa shape index (κ1) is 86.8. The maximum absolute atomic E-state index is 13.8. The van der Waals surface area contributed by atoms with Crippen LogP contribution in [0.15, 0.2) is 97.1 Å². The van der Waals surface area contributed by atoms with E-state index in [0.29, 0.717) is 45.3 Å². The van der Waals surface area contributed by atoms with Crippen molar-refractivity contribution >= 4 is 71.1 Å². The topological polar surface area (TPSA) is 440 Å². The van der Waals surface area contributed by atoms with Gasteiger partial charge in [-0.25, -0.2) is 4.79 Å². The number of terminal acetylenes is 4. The molecule has 32 nitrogen and oxygen atoms in total. The molecule has 4 aromatic carbocycles. The number of nitrogens with one attached hydrogen (secondary N) is 8. The molecule has 0 radical (unpaired) electrons. The number of hydrogen-bond acceptors (Lipinski definition) is 23. The van der Waals surface area contributed by atoms with Gasteiger partial charge in [0.1, 0.15) is 55.5 Å². The van der Waals surface area contributed by atoms with Crippen molar-refractivity contribution in [1.82, 2.24) is 62.1 Å². The molecule has 0 bridgehead atoms. The standard InChI is InChI=1S/C72H84N12O20.Eu/c1-5-33-101-53-17-9-49(10-18-53)37-57(69(93)94)77-61(85)41-73-65(89)45-81-25-27-82(46-66(90)74-42-62(86)78-58(70(95)96)38-50-11-19-54(20-12-50)102-34-6-2)29-31-84(48-68(92)76-44-64(88)80-60(72(99)100)40-52-15-23-56(24-16-52)104-36-8-4)32-30-83(28-26-81)47-67(91)75-43-63(87)79-59(71(97)98)39-51-13-21-55(22-14-51)103-35-7-3;/h1-4,9-24,57-60H,25-48H2,(H,73,89)(H,74,90)(H,75,91)(H,76,92)(H,77,85)(H,78,86)(H,79,87)(H,80,88)(H,93,94)(H,95,96)(H,97,98)(H,99,100);/q;+3/p-3/t57-,58-,59-,60-;/m0./s1. The number of ether oxygens (including phenoxy) is 4. The Morgan fingerprint density at radius 2 is 0.533 bits per heavy atom. The Bertz CT molecular complexity index is 3260. The second-order valence-electron chi connectivity index (χ2n) is 23.4. The van der Waals surface area contributed by atoms with Crippen molar-refractivity contribution in [3.8, 4) is 72.4 Å². The molecule has 5 rings (SSSR count). The van der Waals surface area contributed by atoms with Gasteiger partial charge in [-0.05, 0) is 90.0 Å². The number of nitrogens with zero attached hydrogens (tertiary/aromatic N) is 4. The quantitative estimate of drug-likeness (QED) is 0.0187. The fourth-order valence-electron chi connectivity index (χ4n) is 10.1. The SMILES string of the molecule is C#CCOc1ccc(C[C@H](NC(=O)CNC(=O)CN2CCN(CC(=O)NCC(=O)N[C@@H](Cc3ccc(OCC#C)cc3)C(=O)[O-])CCN(CC(=O)NCC(=O)N[C@@H](Cc3ccc(OCC#C)cc3)C(=O)O)CCN(CC(=O)NCC(=O)N[C@@H](Cc3ccc(OCC#C)cc3)C(=O)[O-])CC2)C(=O)[O-])cc1.[Eu+3]. The average Bonchev–Trinajstić information content (AvgIpc) is 0.902. The van der Waals surface area contributed by atoms with Crippen LogP contribution >= 0.6 is 0 Å². The van der Waals surface area contributed by atoms with E-state index in [1.54, 1.807) is 117 Å². The maximum atomic E-state index is 13.8. The van der Waals surface area contributed by atoms with Gasteiger partial charge in [0.2, 0.25) is 47.3 Å². The van der Waals surface area contributed by atoms with Crippen molar-refractivity contribution in [2.45, 2.75) is 49.9 Å². The summed E-state index contributed by atoms with van der Waals surface area (Å²) in [6, 6.07) is 19.1. The van der Waals surface area contributed by atoms with Crippen LogP contribution in [0.5, 0.6) is 23.0 Å². The van der Waals surface area contributed by atoms with Crippen molar-refractivity contribution < 1.29 is 146 Å². The first-order valence-corrected chi connectivity index (χ1v) is 32.5. The molecule has 8 amide bonds. The molecule has 556 valence electrons. The van der Waals surface area contributed by atoms with E-state index in [0.717, 1.165) is 0 Å². The molecule has 0 spiro atoms. The largest absolute Gasteiger partial charge is 3.00 e. The van der Waals surface area contributed by atoms with E-state index in [-0.39, 0.29) is 154 Å².